The van der Waals surface area contributed by atoms with Gasteiger partial charge in [-0.3, -0.25) is 4.98 Å². The minimum Gasteiger partial charge on any atom is -0.353 e. The first-order valence-corrected chi connectivity index (χ1v) is 14.4. The lowest BCUT2D eigenvalue weighted by atomic mass is 10.00. The van der Waals surface area contributed by atoms with Gasteiger partial charge in [-0.05, 0) is 48.5 Å². The molecule has 0 saturated carbocycles. The topological polar surface area (TPSA) is 103 Å². The molecule has 1 atom stereocenters. The Kier molecular flexibility index (Phi) is 8.20. The molecule has 4 rings (SSSR count). The zero-order chi connectivity index (χ0) is 25.7. The molecule has 11 heteroatoms. The number of aromatic nitrogens is 3. The second-order valence-electron chi connectivity index (χ2n) is 9.16. The summed E-state index contributed by atoms with van der Waals surface area (Å²) in [5.74, 6) is 1.80. The summed E-state index contributed by atoms with van der Waals surface area (Å²) in [7, 11) is -3.04. The largest absolute Gasteiger partial charge is 0.353 e. The number of fused-ring (bicyclic) bond motifs is 1. The first kappa shape index (κ1) is 26.0. The average Bonchev–Trinajstić information content (AvgIpc) is 2.88. The molecule has 2 N–H and O–H groups in total. The van der Waals surface area contributed by atoms with E-state index in [1.807, 2.05) is 36.4 Å². The summed E-state index contributed by atoms with van der Waals surface area (Å²) in [6.45, 7) is 8.60. The van der Waals surface area contributed by atoms with Crippen molar-refractivity contribution in [2.75, 3.05) is 53.2 Å². The van der Waals surface area contributed by atoms with Gasteiger partial charge in [-0.15, -0.1) is 0 Å². The van der Waals surface area contributed by atoms with Crippen LogP contribution in [-0.2, 0) is 9.84 Å². The molecule has 1 unspecified atom stereocenters. The van der Waals surface area contributed by atoms with Crippen LogP contribution in [0.15, 0.2) is 48.8 Å². The van der Waals surface area contributed by atoms with Gasteiger partial charge in [0.25, 0.3) is 0 Å². The summed E-state index contributed by atoms with van der Waals surface area (Å²) < 4.78 is 23.5. The van der Waals surface area contributed by atoms with Crippen molar-refractivity contribution >= 4 is 55.5 Å². The smallest absolute Gasteiger partial charge is 0.224 e. The second-order valence-corrected chi connectivity index (χ2v) is 12.0. The summed E-state index contributed by atoms with van der Waals surface area (Å²) in [5.41, 5.74) is 1.88. The number of hydrogen-bond acceptors (Lipinski definition) is 8. The SMILES string of the molecule is CCS(=O)(=O)CCNc1nccc(N2CCN(C(=S)Nc3cccc4ncccc34)C(C(C)C)C2)n1. The summed E-state index contributed by atoms with van der Waals surface area (Å²) in [6, 6.07) is 12.1. The van der Waals surface area contributed by atoms with Crippen LogP contribution in [0, 0.1) is 5.92 Å². The number of piperazine rings is 1. The Hall–Kier alpha value is -3.05. The number of rotatable bonds is 8. The summed E-state index contributed by atoms with van der Waals surface area (Å²) in [6.07, 6.45) is 3.50. The molecular formula is C25H33N7O2S2. The standard InChI is InChI=1S/C25H33N7O2S2/c1-4-36(33,34)16-13-28-24-27-12-10-23(30-24)31-14-15-32(22(17-31)18(2)3)25(35)29-21-9-5-8-20-19(21)7-6-11-26-20/h5-12,18,22H,4,13-17H2,1-3H3,(H,29,35)(H,27,28,30). The van der Waals surface area contributed by atoms with E-state index >= 15 is 0 Å². The molecule has 1 aliphatic rings. The van der Waals surface area contributed by atoms with E-state index < -0.39 is 9.84 Å². The quantitative estimate of drug-likeness (QED) is 0.424. The molecule has 0 aliphatic carbocycles. The van der Waals surface area contributed by atoms with E-state index in [2.05, 4.69) is 49.2 Å². The molecule has 9 nitrogen and oxygen atoms in total. The van der Waals surface area contributed by atoms with Gasteiger partial charge >= 0.3 is 0 Å². The highest BCUT2D eigenvalue weighted by molar-refractivity contribution is 7.91. The number of nitrogens with zero attached hydrogens (tertiary/aromatic N) is 5. The van der Waals surface area contributed by atoms with Crippen molar-refractivity contribution in [1.82, 2.24) is 19.9 Å². The molecule has 1 saturated heterocycles. The summed E-state index contributed by atoms with van der Waals surface area (Å²) in [4.78, 5) is 17.8. The molecule has 0 amide bonds. The van der Waals surface area contributed by atoms with Crippen molar-refractivity contribution in [3.8, 4) is 0 Å². The minimum atomic E-state index is -3.04. The van der Waals surface area contributed by atoms with Crippen molar-refractivity contribution in [1.29, 1.82) is 0 Å². The number of thiocarbonyl (C=S) groups is 1. The third-order valence-electron chi connectivity index (χ3n) is 6.44. The van der Waals surface area contributed by atoms with Gasteiger partial charge in [-0.25, -0.2) is 13.4 Å². The zero-order valence-electron chi connectivity index (χ0n) is 20.9. The van der Waals surface area contributed by atoms with Gasteiger partial charge in [0.1, 0.15) is 5.82 Å². The number of pyridine rings is 1. The van der Waals surface area contributed by atoms with Crippen molar-refractivity contribution in [3.63, 3.8) is 0 Å². The van der Waals surface area contributed by atoms with Crippen LogP contribution in [0.25, 0.3) is 10.9 Å². The minimum absolute atomic E-state index is 0.0579. The molecule has 3 heterocycles. The maximum atomic E-state index is 11.8. The molecule has 1 fully saturated rings. The molecule has 0 radical (unpaired) electrons. The number of sulfone groups is 1. The fourth-order valence-electron chi connectivity index (χ4n) is 4.31. The van der Waals surface area contributed by atoms with E-state index in [9.17, 15) is 8.42 Å². The molecule has 0 spiro atoms. The highest BCUT2D eigenvalue weighted by atomic mass is 32.2. The van der Waals surface area contributed by atoms with Crippen LogP contribution in [0.3, 0.4) is 0 Å². The zero-order valence-corrected chi connectivity index (χ0v) is 22.5. The Bertz CT molecular complexity index is 1310. The van der Waals surface area contributed by atoms with Crippen LogP contribution >= 0.6 is 12.2 Å². The number of benzene rings is 1. The Morgan fingerprint density at radius 2 is 1.97 bits per heavy atom. The number of nitrogens with one attached hydrogen (secondary N) is 2. The molecule has 36 heavy (non-hydrogen) atoms. The molecule has 192 valence electrons. The fraction of sp³-hybridized carbons (Fsp3) is 0.440. The van der Waals surface area contributed by atoms with Crippen molar-refractivity contribution in [3.05, 3.63) is 48.8 Å². The van der Waals surface area contributed by atoms with Gasteiger partial charge in [0.2, 0.25) is 5.95 Å². The van der Waals surface area contributed by atoms with Crippen LogP contribution in [0.5, 0.6) is 0 Å². The Labute approximate surface area is 218 Å². The molecule has 0 bridgehead atoms. The van der Waals surface area contributed by atoms with Crippen LogP contribution in [0.2, 0.25) is 0 Å². The van der Waals surface area contributed by atoms with E-state index in [-0.39, 0.29) is 24.1 Å². The highest BCUT2D eigenvalue weighted by Crippen LogP contribution is 2.25. The van der Waals surface area contributed by atoms with Gasteiger partial charge in [0.05, 0.1) is 17.3 Å². The van der Waals surface area contributed by atoms with E-state index in [1.165, 1.54) is 0 Å². The first-order chi connectivity index (χ1) is 17.3. The highest BCUT2D eigenvalue weighted by Gasteiger charge is 2.31. The van der Waals surface area contributed by atoms with E-state index in [1.54, 1.807) is 19.3 Å². The normalized spacial score (nSPS) is 16.4. The lowest BCUT2D eigenvalue weighted by Gasteiger charge is -2.45. The lowest BCUT2D eigenvalue weighted by Crippen LogP contribution is -2.58. The van der Waals surface area contributed by atoms with E-state index in [0.717, 1.165) is 42.0 Å². The molecule has 1 aromatic carbocycles. The van der Waals surface area contributed by atoms with Crippen molar-refractivity contribution in [2.45, 2.75) is 26.8 Å². The van der Waals surface area contributed by atoms with Crippen molar-refractivity contribution < 1.29 is 8.42 Å². The van der Waals surface area contributed by atoms with Gasteiger partial charge in [-0.2, -0.15) is 4.98 Å². The molecular weight excluding hydrogens is 494 g/mol. The van der Waals surface area contributed by atoms with E-state index in [4.69, 9.17) is 12.2 Å². The van der Waals surface area contributed by atoms with Crippen LogP contribution in [0.1, 0.15) is 20.8 Å². The molecule has 2 aromatic heterocycles. The molecule has 1 aliphatic heterocycles. The summed E-state index contributed by atoms with van der Waals surface area (Å²) in [5, 5.41) is 8.24. The Morgan fingerprint density at radius 1 is 1.14 bits per heavy atom. The van der Waals surface area contributed by atoms with Crippen LogP contribution in [-0.4, -0.2) is 77.1 Å². The van der Waals surface area contributed by atoms with Gasteiger partial charge < -0.3 is 20.4 Å². The van der Waals surface area contributed by atoms with Gasteiger partial charge in [0.15, 0.2) is 14.9 Å². The Morgan fingerprint density at radius 3 is 2.75 bits per heavy atom. The first-order valence-electron chi connectivity index (χ1n) is 12.2. The number of anilines is 3. The third kappa shape index (κ3) is 6.19. The van der Waals surface area contributed by atoms with Crippen molar-refractivity contribution in [2.24, 2.45) is 5.92 Å². The van der Waals surface area contributed by atoms with Gasteiger partial charge in [0, 0.05) is 55.4 Å². The third-order valence-corrected chi connectivity index (χ3v) is 8.48. The van der Waals surface area contributed by atoms with Gasteiger partial charge in [-0.1, -0.05) is 26.8 Å². The monoisotopic (exact) mass is 527 g/mol. The van der Waals surface area contributed by atoms with Crippen LogP contribution < -0.4 is 15.5 Å². The van der Waals surface area contributed by atoms with E-state index in [0.29, 0.717) is 17.0 Å². The Balaban J connectivity index is 1.44. The maximum Gasteiger partial charge on any atom is 0.224 e. The lowest BCUT2D eigenvalue weighted by molar-refractivity contribution is 0.227. The van der Waals surface area contributed by atoms with Crippen LogP contribution in [0.4, 0.5) is 17.5 Å². The average molecular weight is 528 g/mol. The maximum absolute atomic E-state index is 11.8. The predicted molar refractivity (Wildman–Crippen MR) is 150 cm³/mol. The predicted octanol–water partition coefficient (Wildman–Crippen LogP) is 3.42. The summed E-state index contributed by atoms with van der Waals surface area (Å²) >= 11 is 5.87. The molecule has 3 aromatic rings. The fourth-order valence-corrected chi connectivity index (χ4v) is 5.35. The second kappa shape index (κ2) is 11.3. The number of hydrogen-bond donors (Lipinski definition) is 2.